The summed E-state index contributed by atoms with van der Waals surface area (Å²) in [5, 5.41) is 6.66. The maximum absolute atomic E-state index is 3.35. The van der Waals surface area contributed by atoms with E-state index in [9.17, 15) is 0 Å². The molecule has 2 atom stereocenters. The molecule has 160 valence electrons. The second kappa shape index (κ2) is 13.0. The number of aryl methyl sites for hydroxylation is 2. The van der Waals surface area contributed by atoms with E-state index in [2.05, 4.69) is 88.6 Å². The van der Waals surface area contributed by atoms with Crippen LogP contribution in [0.3, 0.4) is 0 Å². The Bertz CT molecular complexity index is 657. The van der Waals surface area contributed by atoms with Crippen LogP contribution in [0.25, 0.3) is 0 Å². The molecule has 2 saturated heterocycles. The van der Waals surface area contributed by atoms with E-state index in [-0.39, 0.29) is 0 Å². The summed E-state index contributed by atoms with van der Waals surface area (Å²) in [6.45, 7) is 11.3. The molecule has 4 heteroatoms. The van der Waals surface area contributed by atoms with Gasteiger partial charge in [0.05, 0.1) is 0 Å². The van der Waals surface area contributed by atoms with E-state index in [1.807, 2.05) is 19.2 Å². The molecule has 2 aliphatic rings. The molecule has 0 unspecified atom stereocenters. The minimum absolute atomic E-state index is 0.663. The molecule has 3 nitrogen and oxygen atoms in total. The van der Waals surface area contributed by atoms with Crippen LogP contribution < -0.4 is 15.5 Å². The van der Waals surface area contributed by atoms with Crippen LogP contribution in [0.2, 0.25) is 0 Å². The van der Waals surface area contributed by atoms with E-state index in [4.69, 9.17) is 0 Å². The van der Waals surface area contributed by atoms with Crippen LogP contribution in [0.4, 0.5) is 5.69 Å². The van der Waals surface area contributed by atoms with Gasteiger partial charge in [-0.1, -0.05) is 64.7 Å². The molecular formula is C25H38BrN3. The third-order valence-corrected chi connectivity index (χ3v) is 6.27. The molecule has 0 spiro atoms. The second-order valence-electron chi connectivity index (χ2n) is 8.12. The van der Waals surface area contributed by atoms with Crippen molar-refractivity contribution in [3.8, 4) is 0 Å². The van der Waals surface area contributed by atoms with Crippen molar-refractivity contribution in [1.29, 1.82) is 0 Å². The van der Waals surface area contributed by atoms with Crippen molar-refractivity contribution in [2.24, 2.45) is 5.92 Å². The Kier molecular flexibility index (Phi) is 10.8. The van der Waals surface area contributed by atoms with Gasteiger partial charge in [0, 0.05) is 29.3 Å². The molecule has 4 rings (SSSR count). The fourth-order valence-electron chi connectivity index (χ4n) is 3.58. The highest BCUT2D eigenvalue weighted by Crippen LogP contribution is 2.20. The Balaban J connectivity index is 0.000000170. The lowest BCUT2D eigenvalue weighted by atomic mass is 10.1. The van der Waals surface area contributed by atoms with Crippen LogP contribution in [0.1, 0.15) is 37.3 Å². The van der Waals surface area contributed by atoms with E-state index >= 15 is 0 Å². The molecule has 0 aromatic heterocycles. The fraction of sp³-hybridized carbons (Fsp3) is 0.520. The Hall–Kier alpha value is -1.36. The summed E-state index contributed by atoms with van der Waals surface area (Å²) < 4.78 is 1.14. The predicted molar refractivity (Wildman–Crippen MR) is 131 cm³/mol. The molecule has 2 N–H and O–H groups in total. The zero-order valence-electron chi connectivity index (χ0n) is 18.5. The van der Waals surface area contributed by atoms with Gasteiger partial charge < -0.3 is 15.5 Å². The number of likely N-dealkylation sites (N-methyl/N-ethyl adjacent to an activating group) is 1. The average Bonchev–Trinajstić information content (AvgIpc) is 3.43. The maximum Gasteiger partial charge on any atom is 0.0366 e. The van der Waals surface area contributed by atoms with E-state index < -0.39 is 0 Å². The van der Waals surface area contributed by atoms with Gasteiger partial charge in [-0.25, -0.2) is 0 Å². The molecule has 2 aromatic rings. The molecule has 29 heavy (non-hydrogen) atoms. The second-order valence-corrected chi connectivity index (χ2v) is 9.03. The maximum atomic E-state index is 3.35. The van der Waals surface area contributed by atoms with Crippen molar-refractivity contribution < 1.29 is 0 Å². The summed E-state index contributed by atoms with van der Waals surface area (Å²) in [6, 6.07) is 17.7. The van der Waals surface area contributed by atoms with E-state index in [1.165, 1.54) is 55.7 Å². The molecule has 0 amide bonds. The van der Waals surface area contributed by atoms with E-state index in [0.29, 0.717) is 6.04 Å². The van der Waals surface area contributed by atoms with Crippen molar-refractivity contribution in [3.63, 3.8) is 0 Å². The summed E-state index contributed by atoms with van der Waals surface area (Å²) in [4.78, 5) is 2.45. The smallest absolute Gasteiger partial charge is 0.0366 e. The number of hydrogen-bond acceptors (Lipinski definition) is 3. The third kappa shape index (κ3) is 8.90. The van der Waals surface area contributed by atoms with Crippen LogP contribution in [0.15, 0.2) is 53.0 Å². The molecule has 0 saturated carbocycles. The van der Waals surface area contributed by atoms with Crippen molar-refractivity contribution in [2.75, 3.05) is 38.1 Å². The van der Waals surface area contributed by atoms with Crippen molar-refractivity contribution in [2.45, 2.75) is 46.1 Å². The molecular weight excluding hydrogens is 422 g/mol. The highest BCUT2D eigenvalue weighted by Gasteiger charge is 2.20. The molecule has 0 radical (unpaired) electrons. The summed E-state index contributed by atoms with van der Waals surface area (Å²) in [5.41, 5.74) is 3.99. The zero-order chi connectivity index (χ0) is 21.1. The monoisotopic (exact) mass is 459 g/mol. The highest BCUT2D eigenvalue weighted by molar-refractivity contribution is 9.10. The molecule has 0 bridgehead atoms. The lowest BCUT2D eigenvalue weighted by Gasteiger charge is -2.18. The Morgan fingerprint density at radius 1 is 1.00 bits per heavy atom. The minimum atomic E-state index is 0.663. The lowest BCUT2D eigenvalue weighted by molar-refractivity contribution is 0.563. The number of halogens is 1. The highest BCUT2D eigenvalue weighted by atomic mass is 79.9. The number of benzene rings is 2. The van der Waals surface area contributed by atoms with E-state index in [1.54, 1.807) is 0 Å². The van der Waals surface area contributed by atoms with Crippen LogP contribution >= 0.6 is 15.9 Å². The van der Waals surface area contributed by atoms with E-state index in [0.717, 1.165) is 16.9 Å². The van der Waals surface area contributed by atoms with Gasteiger partial charge in [0.2, 0.25) is 0 Å². The number of nitrogens with zero attached hydrogens (tertiary/aromatic N) is 1. The largest absolute Gasteiger partial charge is 0.370 e. The van der Waals surface area contributed by atoms with Crippen molar-refractivity contribution in [3.05, 3.63) is 64.1 Å². The van der Waals surface area contributed by atoms with Gasteiger partial charge in [0.15, 0.2) is 0 Å². The summed E-state index contributed by atoms with van der Waals surface area (Å²) in [6.07, 6.45) is 4.01. The fourth-order valence-corrected chi connectivity index (χ4v) is 3.85. The predicted octanol–water partition coefficient (Wildman–Crippen LogP) is 5.56. The number of hydrogen-bond donors (Lipinski definition) is 2. The van der Waals surface area contributed by atoms with Gasteiger partial charge in [-0.05, 0) is 77.0 Å². The number of rotatable bonds is 3. The molecule has 2 heterocycles. The first-order chi connectivity index (χ1) is 14.0. The Morgan fingerprint density at radius 3 is 2.03 bits per heavy atom. The number of anilines is 1. The normalized spacial score (nSPS) is 20.5. The quantitative estimate of drug-likeness (QED) is 0.628. The first-order valence-electron chi connectivity index (χ1n) is 10.9. The van der Waals surface area contributed by atoms with Gasteiger partial charge in [-0.3, -0.25) is 0 Å². The number of nitrogens with one attached hydrogen (secondary N) is 2. The lowest BCUT2D eigenvalue weighted by Crippen LogP contribution is -2.29. The van der Waals surface area contributed by atoms with Crippen LogP contribution in [-0.2, 0) is 0 Å². The Morgan fingerprint density at radius 2 is 1.62 bits per heavy atom. The summed E-state index contributed by atoms with van der Waals surface area (Å²) in [7, 11) is 2.04. The standard InChI is InChI=1S/C12H18N2.C7H7Br.C6H13N/c1-10-3-5-12(6-4-10)14-8-7-11(9-14)13-2;1-6-2-4-7(8)5-3-6;1-2-6-3-4-7-5-6/h3-6,11,13H,7-9H2,1-2H3;2-5H,1H3;6-7H,2-5H2,1H3/t11-;;6-/m1.1/s1. The van der Waals surface area contributed by atoms with Gasteiger partial charge in [0.25, 0.3) is 0 Å². The molecule has 2 fully saturated rings. The topological polar surface area (TPSA) is 27.3 Å². The average molecular weight is 461 g/mol. The molecule has 0 aliphatic carbocycles. The summed E-state index contributed by atoms with van der Waals surface area (Å²) >= 11 is 3.35. The van der Waals surface area contributed by atoms with Gasteiger partial charge in [-0.2, -0.15) is 0 Å². The van der Waals surface area contributed by atoms with Crippen molar-refractivity contribution >= 4 is 21.6 Å². The van der Waals surface area contributed by atoms with Crippen LogP contribution in [0.5, 0.6) is 0 Å². The summed E-state index contributed by atoms with van der Waals surface area (Å²) in [5.74, 6) is 0.986. The van der Waals surface area contributed by atoms with Crippen LogP contribution in [-0.4, -0.2) is 39.3 Å². The Labute approximate surface area is 186 Å². The minimum Gasteiger partial charge on any atom is -0.370 e. The molecule has 2 aromatic carbocycles. The zero-order valence-corrected chi connectivity index (χ0v) is 20.1. The van der Waals surface area contributed by atoms with Gasteiger partial charge in [0.1, 0.15) is 0 Å². The SMILES string of the molecule is CC[C@@H]1CCNC1.CN[C@@H]1CCN(c2ccc(C)cc2)C1.Cc1ccc(Br)cc1. The third-order valence-electron chi connectivity index (χ3n) is 5.75. The van der Waals surface area contributed by atoms with Gasteiger partial charge in [-0.15, -0.1) is 0 Å². The molecule has 2 aliphatic heterocycles. The van der Waals surface area contributed by atoms with Crippen LogP contribution in [0, 0.1) is 19.8 Å². The first-order valence-corrected chi connectivity index (χ1v) is 11.7. The van der Waals surface area contributed by atoms with Gasteiger partial charge >= 0.3 is 0 Å². The van der Waals surface area contributed by atoms with Crippen molar-refractivity contribution in [1.82, 2.24) is 10.6 Å². The first kappa shape index (κ1) is 23.9.